The van der Waals surface area contributed by atoms with Crippen LogP contribution in [0.3, 0.4) is 0 Å². The fourth-order valence-electron chi connectivity index (χ4n) is 3.52. The molecular weight excluding hydrogens is 449 g/mol. The lowest BCUT2D eigenvalue weighted by Crippen LogP contribution is -2.52. The van der Waals surface area contributed by atoms with Crippen LogP contribution in [0.4, 0.5) is 32.6 Å². The van der Waals surface area contributed by atoms with Crippen LogP contribution in [-0.2, 0) is 11.3 Å². The van der Waals surface area contributed by atoms with Crippen molar-refractivity contribution >= 4 is 29.5 Å². The van der Waals surface area contributed by atoms with Gasteiger partial charge in [-0.05, 0) is 50.6 Å². The number of ether oxygens (including phenoxy) is 1. The zero-order chi connectivity index (χ0) is 24.8. The molecule has 35 heavy (non-hydrogen) atoms. The summed E-state index contributed by atoms with van der Waals surface area (Å²) < 4.78 is 18.5. The topological polar surface area (TPSA) is 104 Å². The summed E-state index contributed by atoms with van der Waals surface area (Å²) in [4.78, 5) is 27.6. The third-order valence-electron chi connectivity index (χ3n) is 5.21. The summed E-state index contributed by atoms with van der Waals surface area (Å²) in [5.41, 5.74) is 0.391. The highest BCUT2D eigenvalue weighted by Crippen LogP contribution is 2.27. The van der Waals surface area contributed by atoms with Crippen LogP contribution in [0.25, 0.3) is 0 Å². The Bertz CT molecular complexity index is 1130. The smallest absolute Gasteiger partial charge is 0.407 e. The first-order valence-electron chi connectivity index (χ1n) is 11.5. The van der Waals surface area contributed by atoms with Crippen LogP contribution in [0.1, 0.15) is 26.3 Å². The number of carbonyl (C=O) groups excluding carboxylic acids is 1. The van der Waals surface area contributed by atoms with Crippen molar-refractivity contribution in [1.29, 1.82) is 0 Å². The van der Waals surface area contributed by atoms with Gasteiger partial charge in [0, 0.05) is 44.4 Å². The number of rotatable bonds is 8. The summed E-state index contributed by atoms with van der Waals surface area (Å²) in [5, 5.41) is 9.26. The van der Waals surface area contributed by atoms with E-state index in [1.807, 2.05) is 45.0 Å². The van der Waals surface area contributed by atoms with Crippen LogP contribution in [0, 0.1) is 11.7 Å². The lowest BCUT2D eigenvalue weighted by Gasteiger charge is -2.40. The average Bonchev–Trinajstić information content (AvgIpc) is 2.77. The van der Waals surface area contributed by atoms with Gasteiger partial charge in [0.1, 0.15) is 28.9 Å². The second-order valence-electron chi connectivity index (χ2n) is 9.41. The Labute approximate surface area is 204 Å². The molecule has 1 aliphatic rings. The van der Waals surface area contributed by atoms with Crippen molar-refractivity contribution in [2.45, 2.75) is 32.9 Å². The van der Waals surface area contributed by atoms with E-state index in [-0.39, 0.29) is 5.82 Å². The lowest BCUT2D eigenvalue weighted by atomic mass is 10.0. The van der Waals surface area contributed by atoms with Gasteiger partial charge in [0.05, 0.1) is 0 Å². The molecule has 2 aromatic heterocycles. The van der Waals surface area contributed by atoms with Gasteiger partial charge in [0.25, 0.3) is 0 Å². The Morgan fingerprint density at radius 1 is 1.11 bits per heavy atom. The predicted molar refractivity (Wildman–Crippen MR) is 133 cm³/mol. The van der Waals surface area contributed by atoms with Crippen LogP contribution in [-0.4, -0.2) is 46.3 Å². The van der Waals surface area contributed by atoms with Crippen LogP contribution in [0.15, 0.2) is 54.7 Å². The number of benzene rings is 1. The predicted octanol–water partition coefficient (Wildman–Crippen LogP) is 4.33. The number of carbonyl (C=O) groups is 1. The molecule has 184 valence electrons. The number of hydrogen-bond donors (Lipinski definition) is 3. The van der Waals surface area contributed by atoms with E-state index in [1.54, 1.807) is 18.3 Å². The van der Waals surface area contributed by atoms with Gasteiger partial charge in [-0.1, -0.05) is 18.2 Å². The van der Waals surface area contributed by atoms with Crippen molar-refractivity contribution in [2.75, 3.05) is 35.2 Å². The maximum absolute atomic E-state index is 13.2. The molecule has 9 nitrogen and oxygen atoms in total. The van der Waals surface area contributed by atoms with E-state index in [0.717, 1.165) is 24.5 Å². The van der Waals surface area contributed by atoms with Crippen LogP contribution in [0.5, 0.6) is 0 Å². The molecule has 1 aliphatic heterocycles. The fraction of sp³-hybridized carbons (Fsp3) is 0.360. The molecule has 0 bridgehead atoms. The molecule has 0 aliphatic carbocycles. The summed E-state index contributed by atoms with van der Waals surface area (Å²) in [6, 6.07) is 13.8. The molecule has 3 heterocycles. The van der Waals surface area contributed by atoms with Gasteiger partial charge in [-0.2, -0.15) is 9.97 Å². The zero-order valence-corrected chi connectivity index (χ0v) is 20.1. The molecule has 3 N–H and O–H groups in total. The normalized spacial score (nSPS) is 13.7. The molecule has 1 aromatic carbocycles. The van der Waals surface area contributed by atoms with Gasteiger partial charge in [0.2, 0.25) is 5.95 Å². The van der Waals surface area contributed by atoms with E-state index in [9.17, 15) is 9.18 Å². The Kier molecular flexibility index (Phi) is 7.28. The third kappa shape index (κ3) is 7.26. The highest BCUT2D eigenvalue weighted by Gasteiger charge is 2.29. The minimum atomic E-state index is -0.523. The van der Waals surface area contributed by atoms with Gasteiger partial charge in [-0.25, -0.2) is 14.2 Å². The number of anilines is 4. The number of amides is 1. The van der Waals surface area contributed by atoms with Gasteiger partial charge in [0.15, 0.2) is 0 Å². The first-order chi connectivity index (χ1) is 16.7. The number of pyridine rings is 1. The minimum Gasteiger partial charge on any atom is -0.444 e. The van der Waals surface area contributed by atoms with Crippen molar-refractivity contribution in [2.24, 2.45) is 5.92 Å². The van der Waals surface area contributed by atoms with Crippen molar-refractivity contribution < 1.29 is 13.9 Å². The molecule has 1 fully saturated rings. The first kappa shape index (κ1) is 24.2. The van der Waals surface area contributed by atoms with E-state index in [1.165, 1.54) is 12.1 Å². The van der Waals surface area contributed by atoms with E-state index in [2.05, 4.69) is 35.8 Å². The molecule has 0 unspecified atom stereocenters. The van der Waals surface area contributed by atoms with Gasteiger partial charge >= 0.3 is 6.09 Å². The Morgan fingerprint density at radius 2 is 1.89 bits per heavy atom. The van der Waals surface area contributed by atoms with Crippen LogP contribution < -0.4 is 20.9 Å². The number of nitrogens with one attached hydrogen (secondary N) is 3. The summed E-state index contributed by atoms with van der Waals surface area (Å²) >= 11 is 0. The van der Waals surface area contributed by atoms with Gasteiger partial charge < -0.3 is 25.6 Å². The molecule has 4 rings (SSSR count). The van der Waals surface area contributed by atoms with E-state index >= 15 is 0 Å². The highest BCUT2D eigenvalue weighted by molar-refractivity contribution is 5.67. The molecule has 3 aromatic rings. The summed E-state index contributed by atoms with van der Waals surface area (Å²) in [7, 11) is 0. The second-order valence-corrected chi connectivity index (χ2v) is 9.41. The van der Waals surface area contributed by atoms with Crippen molar-refractivity contribution in [1.82, 2.24) is 20.3 Å². The molecule has 0 saturated carbocycles. The van der Waals surface area contributed by atoms with Crippen molar-refractivity contribution in [3.8, 4) is 0 Å². The van der Waals surface area contributed by atoms with Crippen molar-refractivity contribution in [3.63, 3.8) is 0 Å². The quantitative estimate of drug-likeness (QED) is 0.439. The fourth-order valence-corrected chi connectivity index (χ4v) is 3.52. The molecule has 1 amide bonds. The Balaban J connectivity index is 1.41. The first-order valence-corrected chi connectivity index (χ1v) is 11.5. The SMILES string of the molecule is CC(C)(C)OC(=O)NCC1CN(c2cc(Nc3ccccn3)nc(NCc3ccc(F)cc3)n2)C1. The maximum Gasteiger partial charge on any atom is 0.407 e. The Morgan fingerprint density at radius 3 is 2.57 bits per heavy atom. The molecule has 1 saturated heterocycles. The molecule has 0 atom stereocenters. The second kappa shape index (κ2) is 10.5. The standard InChI is InChI=1S/C25H30FN7O2/c1-25(2,3)35-24(34)29-14-18-15-33(16-18)22-12-21(30-20-6-4-5-11-27-20)31-23(32-22)28-13-17-7-9-19(26)10-8-17/h4-12,18H,13-16H2,1-3H3,(H,29,34)(H2,27,28,30,31,32). The van der Waals surface area contributed by atoms with Crippen molar-refractivity contribution in [3.05, 3.63) is 66.1 Å². The third-order valence-corrected chi connectivity index (χ3v) is 5.21. The molecule has 0 spiro atoms. The summed E-state index contributed by atoms with van der Waals surface area (Å²) in [5.74, 6) is 2.49. The number of aromatic nitrogens is 3. The van der Waals surface area contributed by atoms with Gasteiger partial charge in [-0.15, -0.1) is 0 Å². The zero-order valence-electron chi connectivity index (χ0n) is 20.1. The van der Waals surface area contributed by atoms with E-state index < -0.39 is 11.7 Å². The van der Waals surface area contributed by atoms with E-state index in [0.29, 0.717) is 36.6 Å². The largest absolute Gasteiger partial charge is 0.444 e. The number of hydrogen-bond acceptors (Lipinski definition) is 8. The summed E-state index contributed by atoms with van der Waals surface area (Å²) in [6.07, 6.45) is 1.29. The summed E-state index contributed by atoms with van der Waals surface area (Å²) in [6.45, 7) is 7.99. The number of alkyl carbamates (subject to hydrolysis) is 1. The minimum absolute atomic E-state index is 0.276. The maximum atomic E-state index is 13.2. The lowest BCUT2D eigenvalue weighted by molar-refractivity contribution is 0.0516. The molecule has 0 radical (unpaired) electrons. The van der Waals surface area contributed by atoms with Crippen LogP contribution in [0.2, 0.25) is 0 Å². The molecular formula is C25H30FN7O2. The number of nitrogens with zero attached hydrogens (tertiary/aromatic N) is 4. The number of halogens is 1. The van der Waals surface area contributed by atoms with E-state index in [4.69, 9.17) is 4.74 Å². The average molecular weight is 480 g/mol. The monoisotopic (exact) mass is 479 g/mol. The van der Waals surface area contributed by atoms with Gasteiger partial charge in [-0.3, -0.25) is 0 Å². The molecule has 10 heteroatoms. The van der Waals surface area contributed by atoms with Crippen LogP contribution >= 0.6 is 0 Å². The highest BCUT2D eigenvalue weighted by atomic mass is 19.1. The Hall–Kier alpha value is -3.95.